The lowest BCUT2D eigenvalue weighted by atomic mass is 9.90. The van der Waals surface area contributed by atoms with Gasteiger partial charge in [0.25, 0.3) is 5.91 Å². The van der Waals surface area contributed by atoms with Gasteiger partial charge in [-0.25, -0.2) is 14.2 Å². The Balaban J connectivity index is 1.32. The Bertz CT molecular complexity index is 1200. The maximum absolute atomic E-state index is 13.7. The van der Waals surface area contributed by atoms with Crippen molar-refractivity contribution in [2.24, 2.45) is 0 Å². The zero-order valence-electron chi connectivity index (χ0n) is 19.8. The number of halogens is 1. The second-order valence-electron chi connectivity index (χ2n) is 8.71. The van der Waals surface area contributed by atoms with Gasteiger partial charge in [-0.05, 0) is 62.1 Å². The van der Waals surface area contributed by atoms with Crippen LogP contribution in [0.3, 0.4) is 0 Å². The summed E-state index contributed by atoms with van der Waals surface area (Å²) in [5, 5.41) is 11.2. The second kappa shape index (κ2) is 11.3. The number of para-hydroxylation sites is 1. The average Bonchev–Trinajstić information content (AvgIpc) is 3.31. The lowest BCUT2D eigenvalue weighted by molar-refractivity contribution is 0.0911. The highest BCUT2D eigenvalue weighted by molar-refractivity contribution is 7.09. The molecule has 1 fully saturated rings. The molecule has 1 saturated carbocycles. The average molecular weight is 497 g/mol. The molecule has 3 aromatic rings. The van der Waals surface area contributed by atoms with Gasteiger partial charge in [0.2, 0.25) is 0 Å². The lowest BCUT2D eigenvalue weighted by Gasteiger charge is -2.32. The predicted octanol–water partition coefficient (Wildman–Crippen LogP) is 5.34. The van der Waals surface area contributed by atoms with E-state index in [2.05, 4.69) is 20.9 Å². The van der Waals surface area contributed by atoms with Crippen LogP contribution in [0.2, 0.25) is 0 Å². The Morgan fingerprint density at radius 2 is 1.80 bits per heavy atom. The van der Waals surface area contributed by atoms with E-state index in [1.165, 1.54) is 17.4 Å². The number of anilines is 1. The molecule has 0 aliphatic heterocycles. The van der Waals surface area contributed by atoms with E-state index in [-0.39, 0.29) is 42.1 Å². The Labute approximate surface area is 208 Å². The van der Waals surface area contributed by atoms with Crippen LogP contribution in [0.15, 0.2) is 47.8 Å². The van der Waals surface area contributed by atoms with Crippen LogP contribution in [0, 0.1) is 19.7 Å². The number of aromatic nitrogens is 1. The van der Waals surface area contributed by atoms with Gasteiger partial charge in [-0.3, -0.25) is 4.79 Å². The number of carbonyl (C=O) groups is 2. The Hall–Kier alpha value is -3.46. The largest absolute Gasteiger partial charge is 0.483 e. The van der Waals surface area contributed by atoms with Gasteiger partial charge in [-0.1, -0.05) is 31.0 Å². The SMILES string of the molecule is Cc1ccc(NC(=O)NC2CCCCC2NC(=O)c2csc(COc3ccccc3F)n2)cc1C. The summed E-state index contributed by atoms with van der Waals surface area (Å²) in [4.78, 5) is 29.8. The first-order valence-corrected chi connectivity index (χ1v) is 12.5. The maximum Gasteiger partial charge on any atom is 0.319 e. The van der Waals surface area contributed by atoms with Crippen LogP contribution in [0.5, 0.6) is 5.75 Å². The first-order valence-electron chi connectivity index (χ1n) is 11.7. The molecule has 3 amide bonds. The number of rotatable bonds is 7. The summed E-state index contributed by atoms with van der Waals surface area (Å²) in [7, 11) is 0. The topological polar surface area (TPSA) is 92.4 Å². The molecule has 4 rings (SSSR count). The fourth-order valence-corrected chi connectivity index (χ4v) is 4.74. The smallest absolute Gasteiger partial charge is 0.319 e. The van der Waals surface area contributed by atoms with E-state index in [1.807, 2.05) is 32.0 Å². The van der Waals surface area contributed by atoms with E-state index < -0.39 is 5.82 Å². The summed E-state index contributed by atoms with van der Waals surface area (Å²) in [5.74, 6) is -0.602. The van der Waals surface area contributed by atoms with E-state index in [0.29, 0.717) is 5.01 Å². The molecule has 1 heterocycles. The van der Waals surface area contributed by atoms with Gasteiger partial charge in [0, 0.05) is 17.1 Å². The molecule has 35 heavy (non-hydrogen) atoms. The molecular weight excluding hydrogens is 467 g/mol. The highest BCUT2D eigenvalue weighted by Crippen LogP contribution is 2.21. The summed E-state index contributed by atoms with van der Waals surface area (Å²) in [5.41, 5.74) is 3.28. The number of ether oxygens (including phenoxy) is 1. The normalized spacial score (nSPS) is 17.5. The quantitative estimate of drug-likeness (QED) is 0.412. The molecule has 0 radical (unpaired) electrons. The molecule has 3 N–H and O–H groups in total. The Morgan fingerprint density at radius 3 is 2.54 bits per heavy atom. The van der Waals surface area contributed by atoms with Crippen LogP contribution in [-0.4, -0.2) is 29.0 Å². The number of hydrogen-bond acceptors (Lipinski definition) is 5. The van der Waals surface area contributed by atoms with Crippen molar-refractivity contribution in [3.05, 3.63) is 75.5 Å². The van der Waals surface area contributed by atoms with Crippen LogP contribution in [-0.2, 0) is 6.61 Å². The molecule has 1 aliphatic rings. The zero-order chi connectivity index (χ0) is 24.8. The van der Waals surface area contributed by atoms with E-state index in [1.54, 1.807) is 23.6 Å². The number of nitrogens with zero attached hydrogens (tertiary/aromatic N) is 1. The van der Waals surface area contributed by atoms with Crippen LogP contribution in [0.4, 0.5) is 14.9 Å². The second-order valence-corrected chi connectivity index (χ2v) is 9.66. The molecule has 2 unspecified atom stereocenters. The molecular formula is C26H29FN4O3S. The number of hydrogen-bond donors (Lipinski definition) is 3. The number of carbonyl (C=O) groups excluding carboxylic acids is 2. The summed E-state index contributed by atoms with van der Waals surface area (Å²) in [6, 6.07) is 11.3. The van der Waals surface area contributed by atoms with Crippen molar-refractivity contribution >= 4 is 29.0 Å². The van der Waals surface area contributed by atoms with Crippen LogP contribution < -0.4 is 20.7 Å². The standard InChI is InChI=1S/C26H29FN4O3S/c1-16-11-12-18(13-17(16)2)28-26(33)31-21-9-5-4-8-20(21)30-25(32)22-15-35-24(29-22)14-34-23-10-6-3-7-19(23)27/h3,6-7,10-13,15,20-21H,4-5,8-9,14H2,1-2H3,(H,30,32)(H2,28,31,33). The number of amides is 3. The zero-order valence-corrected chi connectivity index (χ0v) is 20.6. The number of benzene rings is 2. The molecule has 184 valence electrons. The molecule has 0 spiro atoms. The number of nitrogens with one attached hydrogen (secondary N) is 3. The third-order valence-corrected chi connectivity index (χ3v) is 6.96. The molecule has 9 heteroatoms. The lowest BCUT2D eigenvalue weighted by Crippen LogP contribution is -2.54. The monoisotopic (exact) mass is 496 g/mol. The summed E-state index contributed by atoms with van der Waals surface area (Å²) >= 11 is 1.28. The number of urea groups is 1. The van der Waals surface area contributed by atoms with Gasteiger partial charge in [0.1, 0.15) is 17.3 Å². The summed E-state index contributed by atoms with van der Waals surface area (Å²) < 4.78 is 19.2. The van der Waals surface area contributed by atoms with Crippen LogP contribution in [0.1, 0.15) is 52.3 Å². The van der Waals surface area contributed by atoms with Crippen molar-refractivity contribution < 1.29 is 18.7 Å². The van der Waals surface area contributed by atoms with Crippen molar-refractivity contribution in [3.63, 3.8) is 0 Å². The fraction of sp³-hybridized carbons (Fsp3) is 0.346. The Kier molecular flexibility index (Phi) is 7.97. The van der Waals surface area contributed by atoms with Gasteiger partial charge in [0.05, 0.1) is 6.04 Å². The number of thiazole rings is 1. The van der Waals surface area contributed by atoms with Crippen molar-refractivity contribution in [1.82, 2.24) is 15.6 Å². The van der Waals surface area contributed by atoms with E-state index in [0.717, 1.165) is 42.5 Å². The van der Waals surface area contributed by atoms with Gasteiger partial charge in [-0.15, -0.1) is 11.3 Å². The maximum atomic E-state index is 13.7. The molecule has 2 atom stereocenters. The van der Waals surface area contributed by atoms with Crippen LogP contribution >= 0.6 is 11.3 Å². The molecule has 1 aliphatic carbocycles. The minimum absolute atomic E-state index is 0.0745. The summed E-state index contributed by atoms with van der Waals surface area (Å²) in [6.45, 7) is 4.10. The number of aryl methyl sites for hydroxylation is 2. The Morgan fingerprint density at radius 1 is 1.06 bits per heavy atom. The van der Waals surface area contributed by atoms with E-state index >= 15 is 0 Å². The van der Waals surface area contributed by atoms with Crippen molar-refractivity contribution in [2.45, 2.75) is 58.2 Å². The highest BCUT2D eigenvalue weighted by Gasteiger charge is 2.28. The molecule has 2 aromatic carbocycles. The summed E-state index contributed by atoms with van der Waals surface area (Å²) in [6.07, 6.45) is 3.51. The predicted molar refractivity (Wildman–Crippen MR) is 134 cm³/mol. The first kappa shape index (κ1) is 24.7. The van der Waals surface area contributed by atoms with Gasteiger partial charge in [-0.2, -0.15) is 0 Å². The first-order chi connectivity index (χ1) is 16.9. The van der Waals surface area contributed by atoms with E-state index in [9.17, 15) is 14.0 Å². The van der Waals surface area contributed by atoms with Crippen molar-refractivity contribution in [2.75, 3.05) is 5.32 Å². The minimum atomic E-state index is -0.445. The van der Waals surface area contributed by atoms with Gasteiger partial charge >= 0.3 is 6.03 Å². The molecule has 1 aromatic heterocycles. The third-order valence-electron chi connectivity index (χ3n) is 6.14. The van der Waals surface area contributed by atoms with E-state index in [4.69, 9.17) is 4.74 Å². The molecule has 0 saturated heterocycles. The third kappa shape index (κ3) is 6.57. The van der Waals surface area contributed by atoms with Crippen molar-refractivity contribution in [3.8, 4) is 5.75 Å². The van der Waals surface area contributed by atoms with Crippen molar-refractivity contribution in [1.29, 1.82) is 0 Å². The van der Waals surface area contributed by atoms with Gasteiger partial charge < -0.3 is 20.7 Å². The van der Waals surface area contributed by atoms with Gasteiger partial charge in [0.15, 0.2) is 11.6 Å². The minimum Gasteiger partial charge on any atom is -0.483 e. The molecule has 0 bridgehead atoms. The molecule has 7 nitrogen and oxygen atoms in total. The highest BCUT2D eigenvalue weighted by atomic mass is 32.1. The fourth-order valence-electron chi connectivity index (χ4n) is 4.06. The van der Waals surface area contributed by atoms with Crippen LogP contribution in [0.25, 0.3) is 0 Å².